The van der Waals surface area contributed by atoms with Gasteiger partial charge < -0.3 is 14.8 Å². The van der Waals surface area contributed by atoms with E-state index in [4.69, 9.17) is 0 Å². The normalized spacial score (nSPS) is 13.5. The number of nitro benzene ring substituents is 1. The molecule has 2 heterocycles. The highest BCUT2D eigenvalue weighted by atomic mass is 16.6. The Bertz CT molecular complexity index is 1090. The van der Waals surface area contributed by atoms with Gasteiger partial charge in [-0.15, -0.1) is 0 Å². The van der Waals surface area contributed by atoms with Crippen molar-refractivity contribution >= 4 is 28.9 Å². The molecule has 3 aromatic rings. The van der Waals surface area contributed by atoms with Crippen molar-refractivity contribution in [3.8, 4) is 5.69 Å². The minimum atomic E-state index is -0.536. The first-order valence-electron chi connectivity index (χ1n) is 9.01. The number of imidazole rings is 1. The quantitative estimate of drug-likeness (QED) is 0.531. The van der Waals surface area contributed by atoms with Crippen LogP contribution in [-0.2, 0) is 4.79 Å². The van der Waals surface area contributed by atoms with E-state index in [9.17, 15) is 19.7 Å². The first-order chi connectivity index (χ1) is 14.0. The van der Waals surface area contributed by atoms with E-state index >= 15 is 0 Å². The Morgan fingerprint density at radius 3 is 2.76 bits per heavy atom. The van der Waals surface area contributed by atoms with Gasteiger partial charge in [0, 0.05) is 48.4 Å². The lowest BCUT2D eigenvalue weighted by atomic mass is 10.1. The summed E-state index contributed by atoms with van der Waals surface area (Å²) in [6, 6.07) is 11.2. The molecule has 29 heavy (non-hydrogen) atoms. The van der Waals surface area contributed by atoms with Crippen LogP contribution in [0.3, 0.4) is 0 Å². The van der Waals surface area contributed by atoms with E-state index in [0.717, 1.165) is 6.42 Å². The number of nitro groups is 1. The number of carbonyl (C=O) groups is 2. The minimum absolute atomic E-state index is 0.0548. The third-order valence-electron chi connectivity index (χ3n) is 4.71. The molecule has 1 N–H and O–H groups in total. The molecule has 9 heteroatoms. The zero-order valence-electron chi connectivity index (χ0n) is 15.3. The standard InChI is InChI=1S/C20H17N5O4/c26-19-5-2-9-24(19)16-4-1-3-15(12-16)22-20(27)14-6-7-17(18(11-14)25(28)29)23-10-8-21-13-23/h1,3-4,6-8,10-13H,2,5,9H2,(H,22,27). The molecule has 0 bridgehead atoms. The predicted octanol–water partition coefficient (Wildman–Crippen LogP) is 3.16. The summed E-state index contributed by atoms with van der Waals surface area (Å²) in [5.74, 6) is -0.422. The van der Waals surface area contributed by atoms with E-state index in [1.807, 2.05) is 6.07 Å². The van der Waals surface area contributed by atoms with Crippen LogP contribution in [0.1, 0.15) is 23.2 Å². The zero-order valence-corrected chi connectivity index (χ0v) is 15.3. The van der Waals surface area contributed by atoms with E-state index in [2.05, 4.69) is 10.3 Å². The van der Waals surface area contributed by atoms with Crippen LogP contribution in [0, 0.1) is 10.1 Å². The van der Waals surface area contributed by atoms with Crippen molar-refractivity contribution < 1.29 is 14.5 Å². The first-order valence-corrected chi connectivity index (χ1v) is 9.01. The molecule has 1 aliphatic heterocycles. The molecule has 0 unspecified atom stereocenters. The molecule has 2 aromatic carbocycles. The van der Waals surface area contributed by atoms with Crippen LogP contribution in [0.2, 0.25) is 0 Å². The van der Waals surface area contributed by atoms with Gasteiger partial charge in [0.2, 0.25) is 5.91 Å². The molecule has 1 aliphatic rings. The van der Waals surface area contributed by atoms with E-state index < -0.39 is 10.8 Å². The number of amides is 2. The lowest BCUT2D eigenvalue weighted by molar-refractivity contribution is -0.384. The molecule has 1 aromatic heterocycles. The highest BCUT2D eigenvalue weighted by Crippen LogP contribution is 2.26. The lowest BCUT2D eigenvalue weighted by Gasteiger charge is -2.16. The third-order valence-corrected chi connectivity index (χ3v) is 4.71. The van der Waals surface area contributed by atoms with Gasteiger partial charge in [0.15, 0.2) is 0 Å². The number of carbonyl (C=O) groups excluding carboxylic acids is 2. The van der Waals surface area contributed by atoms with Gasteiger partial charge in [0.05, 0.1) is 11.3 Å². The molecule has 146 valence electrons. The van der Waals surface area contributed by atoms with Crippen molar-refractivity contribution in [2.75, 3.05) is 16.8 Å². The van der Waals surface area contributed by atoms with Crippen molar-refractivity contribution in [2.45, 2.75) is 12.8 Å². The Morgan fingerprint density at radius 2 is 2.07 bits per heavy atom. The Balaban J connectivity index is 1.58. The summed E-state index contributed by atoms with van der Waals surface area (Å²) in [4.78, 5) is 41.1. The minimum Gasteiger partial charge on any atom is -0.322 e. The molecule has 9 nitrogen and oxygen atoms in total. The van der Waals surface area contributed by atoms with Crippen molar-refractivity contribution in [1.82, 2.24) is 9.55 Å². The van der Waals surface area contributed by atoms with Crippen LogP contribution in [0.25, 0.3) is 5.69 Å². The molecule has 4 rings (SSSR count). The molecule has 0 spiro atoms. The van der Waals surface area contributed by atoms with Crippen LogP contribution in [0.4, 0.5) is 17.1 Å². The maximum Gasteiger partial charge on any atom is 0.294 e. The molecule has 2 amide bonds. The van der Waals surface area contributed by atoms with Gasteiger partial charge in [-0.3, -0.25) is 19.7 Å². The number of rotatable bonds is 5. The van der Waals surface area contributed by atoms with Crippen LogP contribution in [0.15, 0.2) is 61.2 Å². The van der Waals surface area contributed by atoms with E-state index in [1.54, 1.807) is 29.3 Å². The largest absolute Gasteiger partial charge is 0.322 e. The highest BCUT2D eigenvalue weighted by Gasteiger charge is 2.22. The lowest BCUT2D eigenvalue weighted by Crippen LogP contribution is -2.23. The van der Waals surface area contributed by atoms with E-state index in [1.165, 1.54) is 35.3 Å². The van der Waals surface area contributed by atoms with Gasteiger partial charge in [0.25, 0.3) is 11.6 Å². The monoisotopic (exact) mass is 391 g/mol. The first kappa shape index (κ1) is 18.4. The van der Waals surface area contributed by atoms with Gasteiger partial charge in [-0.25, -0.2) is 4.98 Å². The second kappa shape index (κ2) is 7.55. The van der Waals surface area contributed by atoms with Crippen LogP contribution in [-0.4, -0.2) is 32.8 Å². The van der Waals surface area contributed by atoms with Gasteiger partial charge in [0.1, 0.15) is 5.69 Å². The van der Waals surface area contributed by atoms with Crippen LogP contribution < -0.4 is 10.2 Å². The number of hydrogen-bond donors (Lipinski definition) is 1. The smallest absolute Gasteiger partial charge is 0.294 e. The summed E-state index contributed by atoms with van der Waals surface area (Å²) in [5.41, 5.74) is 1.49. The number of hydrogen-bond acceptors (Lipinski definition) is 5. The van der Waals surface area contributed by atoms with Gasteiger partial charge in [-0.2, -0.15) is 0 Å². The summed E-state index contributed by atoms with van der Waals surface area (Å²) < 4.78 is 1.51. The molecular weight excluding hydrogens is 374 g/mol. The molecule has 0 aliphatic carbocycles. The maximum atomic E-state index is 12.7. The van der Waals surface area contributed by atoms with Crippen molar-refractivity contribution in [3.63, 3.8) is 0 Å². The Morgan fingerprint density at radius 1 is 1.21 bits per heavy atom. The van der Waals surface area contributed by atoms with Crippen LogP contribution >= 0.6 is 0 Å². The number of nitrogens with zero attached hydrogens (tertiary/aromatic N) is 4. The fraction of sp³-hybridized carbons (Fsp3) is 0.150. The predicted molar refractivity (Wildman–Crippen MR) is 106 cm³/mol. The molecule has 0 atom stereocenters. The third kappa shape index (κ3) is 3.70. The number of aromatic nitrogens is 2. The molecule has 0 radical (unpaired) electrons. The number of anilines is 2. The van der Waals surface area contributed by atoms with Gasteiger partial charge >= 0.3 is 0 Å². The Kier molecular flexibility index (Phi) is 4.78. The number of nitrogens with one attached hydrogen (secondary N) is 1. The average Bonchev–Trinajstić information content (AvgIpc) is 3.39. The summed E-state index contributed by atoms with van der Waals surface area (Å²) in [6.07, 6.45) is 5.88. The summed E-state index contributed by atoms with van der Waals surface area (Å²) >= 11 is 0. The SMILES string of the molecule is O=C(Nc1cccc(N2CCCC2=O)c1)c1ccc(-n2ccnc2)c([N+](=O)[O-])c1. The maximum absolute atomic E-state index is 12.7. The Hall–Kier alpha value is -4.01. The van der Waals surface area contributed by atoms with E-state index in [0.29, 0.717) is 30.0 Å². The van der Waals surface area contributed by atoms with Crippen LogP contribution in [0.5, 0.6) is 0 Å². The summed E-state index contributed by atoms with van der Waals surface area (Å²) in [6.45, 7) is 0.651. The Labute approximate surface area is 165 Å². The molecular formula is C20H17N5O4. The summed E-state index contributed by atoms with van der Waals surface area (Å²) in [7, 11) is 0. The van der Waals surface area contributed by atoms with Crippen molar-refractivity contribution in [2.24, 2.45) is 0 Å². The van der Waals surface area contributed by atoms with Crippen molar-refractivity contribution in [1.29, 1.82) is 0 Å². The van der Waals surface area contributed by atoms with Gasteiger partial charge in [-0.1, -0.05) is 6.07 Å². The zero-order chi connectivity index (χ0) is 20.4. The fourth-order valence-corrected chi connectivity index (χ4v) is 3.31. The molecule has 0 saturated carbocycles. The molecule has 1 fully saturated rings. The molecule has 1 saturated heterocycles. The topological polar surface area (TPSA) is 110 Å². The summed E-state index contributed by atoms with van der Waals surface area (Å²) in [5, 5.41) is 14.2. The second-order valence-corrected chi connectivity index (χ2v) is 6.58. The fourth-order valence-electron chi connectivity index (χ4n) is 3.31. The average molecular weight is 391 g/mol. The van der Waals surface area contributed by atoms with Gasteiger partial charge in [-0.05, 0) is 36.8 Å². The second-order valence-electron chi connectivity index (χ2n) is 6.58. The number of benzene rings is 2. The van der Waals surface area contributed by atoms with Crippen molar-refractivity contribution in [3.05, 3.63) is 76.9 Å². The van der Waals surface area contributed by atoms with E-state index in [-0.39, 0.29) is 17.2 Å². The highest BCUT2D eigenvalue weighted by molar-refractivity contribution is 6.05.